The average Bonchev–Trinajstić information content (AvgIpc) is 3.45. The van der Waals surface area contributed by atoms with Crippen LogP contribution < -0.4 is 10.6 Å². The molecule has 2 aliphatic rings. The van der Waals surface area contributed by atoms with Crippen molar-refractivity contribution in [3.63, 3.8) is 0 Å². The van der Waals surface area contributed by atoms with Crippen molar-refractivity contribution >= 4 is 80.3 Å². The molecule has 2 aromatic rings. The zero-order valence-electron chi connectivity index (χ0n) is 23.2. The number of nitrogens with one attached hydrogen (secondary N) is 2. The summed E-state index contributed by atoms with van der Waals surface area (Å²) in [5.41, 5.74) is 0.654. The molecule has 3 heterocycles. The molecule has 2 aliphatic heterocycles. The molecule has 4 rings (SSSR count). The van der Waals surface area contributed by atoms with E-state index >= 15 is 0 Å². The molecule has 0 spiro atoms. The van der Waals surface area contributed by atoms with Crippen LogP contribution in [0.1, 0.15) is 44.6 Å². The van der Waals surface area contributed by atoms with E-state index in [1.165, 1.54) is 24.3 Å². The fourth-order valence-electron chi connectivity index (χ4n) is 5.31. The first-order valence-electron chi connectivity index (χ1n) is 13.9. The van der Waals surface area contributed by atoms with Crippen molar-refractivity contribution in [2.45, 2.75) is 45.1 Å². The van der Waals surface area contributed by atoms with E-state index in [1.54, 1.807) is 15.9 Å². The predicted octanol–water partition coefficient (Wildman–Crippen LogP) is 3.79. The number of aliphatic carboxylic acids is 1. The SMILES string of the molecule is CC(=O)N1CCC(C(=O)NCC(CC(=O)O)C(=O)NC2CCN(C(=O)C=Cc3cc4ccsc4c(Cl)c3Cl)CC2)CC1. The zero-order valence-corrected chi connectivity index (χ0v) is 25.6. The third-order valence-corrected chi connectivity index (χ3v) is 9.78. The van der Waals surface area contributed by atoms with Gasteiger partial charge in [-0.15, -0.1) is 11.3 Å². The molecule has 0 radical (unpaired) electrons. The van der Waals surface area contributed by atoms with E-state index in [2.05, 4.69) is 10.6 Å². The van der Waals surface area contributed by atoms with Gasteiger partial charge in [-0.2, -0.15) is 0 Å². The van der Waals surface area contributed by atoms with Crippen LogP contribution >= 0.6 is 34.5 Å². The summed E-state index contributed by atoms with van der Waals surface area (Å²) in [6.45, 7) is 3.24. The molecule has 226 valence electrons. The molecule has 4 amide bonds. The van der Waals surface area contributed by atoms with Crippen LogP contribution in [-0.2, 0) is 24.0 Å². The van der Waals surface area contributed by atoms with Crippen molar-refractivity contribution in [1.82, 2.24) is 20.4 Å². The van der Waals surface area contributed by atoms with Gasteiger partial charge in [0.1, 0.15) is 0 Å². The van der Waals surface area contributed by atoms with E-state index in [0.29, 0.717) is 67.5 Å². The molecule has 0 saturated carbocycles. The standard InChI is InChI=1S/C29H34Cl2N4O6S/c1-17(36)34-9-4-18(5-10-34)28(40)32-16-21(15-24(38)39)29(41)33-22-6-11-35(12-7-22)23(37)3-2-19-14-20-8-13-42-27(20)26(31)25(19)30/h2-3,8,13-14,18,21-22H,4-7,9-12,15-16H2,1H3,(H,32,40)(H,33,41)(H,38,39). The first-order chi connectivity index (χ1) is 20.0. The van der Waals surface area contributed by atoms with Crippen LogP contribution in [0.2, 0.25) is 10.0 Å². The van der Waals surface area contributed by atoms with Crippen molar-refractivity contribution in [1.29, 1.82) is 0 Å². The van der Waals surface area contributed by atoms with Crippen molar-refractivity contribution < 1.29 is 29.1 Å². The van der Waals surface area contributed by atoms with E-state index in [4.69, 9.17) is 23.2 Å². The Morgan fingerprint density at radius 3 is 2.36 bits per heavy atom. The van der Waals surface area contributed by atoms with Crippen LogP contribution in [0.25, 0.3) is 16.2 Å². The minimum Gasteiger partial charge on any atom is -0.481 e. The van der Waals surface area contributed by atoms with Gasteiger partial charge in [-0.1, -0.05) is 23.2 Å². The normalized spacial score (nSPS) is 17.4. The van der Waals surface area contributed by atoms with E-state index in [0.717, 1.165) is 10.1 Å². The van der Waals surface area contributed by atoms with Crippen LogP contribution in [0, 0.1) is 11.8 Å². The Labute approximate surface area is 258 Å². The summed E-state index contributed by atoms with van der Waals surface area (Å²) in [6.07, 6.45) is 4.78. The lowest BCUT2D eigenvalue weighted by Crippen LogP contribution is -2.49. The maximum absolute atomic E-state index is 13.0. The number of benzene rings is 1. The smallest absolute Gasteiger partial charge is 0.304 e. The van der Waals surface area contributed by atoms with Crippen LogP contribution in [-0.4, -0.2) is 83.3 Å². The monoisotopic (exact) mass is 636 g/mol. The van der Waals surface area contributed by atoms with Crippen molar-refractivity contribution in [3.05, 3.63) is 39.2 Å². The molecule has 1 aromatic heterocycles. The van der Waals surface area contributed by atoms with Gasteiger partial charge in [-0.3, -0.25) is 24.0 Å². The number of rotatable bonds is 9. The quantitative estimate of drug-likeness (QED) is 0.358. The summed E-state index contributed by atoms with van der Waals surface area (Å²) >= 11 is 14.3. The number of piperidine rings is 2. The summed E-state index contributed by atoms with van der Waals surface area (Å²) in [6, 6.07) is 3.61. The van der Waals surface area contributed by atoms with Crippen LogP contribution in [0.3, 0.4) is 0 Å². The Balaban J connectivity index is 1.25. The predicted molar refractivity (Wildman–Crippen MR) is 162 cm³/mol. The van der Waals surface area contributed by atoms with Gasteiger partial charge in [0.05, 0.1) is 27.1 Å². The van der Waals surface area contributed by atoms with E-state index < -0.39 is 24.2 Å². The van der Waals surface area contributed by atoms with Gasteiger partial charge in [0.2, 0.25) is 23.6 Å². The fourth-order valence-corrected chi connectivity index (χ4v) is 6.75. The third kappa shape index (κ3) is 8.02. The summed E-state index contributed by atoms with van der Waals surface area (Å²) in [4.78, 5) is 64.8. The molecular formula is C29H34Cl2N4O6S. The summed E-state index contributed by atoms with van der Waals surface area (Å²) in [5.74, 6) is -3.23. The zero-order chi connectivity index (χ0) is 30.4. The maximum Gasteiger partial charge on any atom is 0.304 e. The van der Waals surface area contributed by atoms with Gasteiger partial charge < -0.3 is 25.5 Å². The van der Waals surface area contributed by atoms with Crippen molar-refractivity contribution in [3.8, 4) is 0 Å². The minimum absolute atomic E-state index is 0.0269. The van der Waals surface area contributed by atoms with Crippen LogP contribution in [0.4, 0.5) is 0 Å². The average molecular weight is 638 g/mol. The number of nitrogens with zero attached hydrogens (tertiary/aromatic N) is 2. The van der Waals surface area contributed by atoms with Gasteiger partial charge >= 0.3 is 5.97 Å². The number of carboxylic acids is 1. The molecule has 2 fully saturated rings. The Bertz CT molecular complexity index is 1380. The highest BCUT2D eigenvalue weighted by Crippen LogP contribution is 2.37. The molecule has 10 nitrogen and oxygen atoms in total. The molecule has 0 aliphatic carbocycles. The Morgan fingerprint density at radius 2 is 1.71 bits per heavy atom. The number of halogens is 2. The van der Waals surface area contributed by atoms with Crippen LogP contribution in [0.5, 0.6) is 0 Å². The number of carbonyl (C=O) groups is 5. The lowest BCUT2D eigenvalue weighted by molar-refractivity contribution is -0.142. The second-order valence-electron chi connectivity index (χ2n) is 10.7. The summed E-state index contributed by atoms with van der Waals surface area (Å²) in [7, 11) is 0. The molecule has 1 atom stereocenters. The second-order valence-corrected chi connectivity index (χ2v) is 12.4. The number of hydrogen-bond donors (Lipinski definition) is 3. The Morgan fingerprint density at radius 1 is 1.05 bits per heavy atom. The third-order valence-electron chi connectivity index (χ3n) is 7.84. The first kappa shape index (κ1) is 31.8. The van der Waals surface area contributed by atoms with Gasteiger partial charge in [0.15, 0.2) is 0 Å². The molecule has 0 bridgehead atoms. The van der Waals surface area contributed by atoms with Gasteiger partial charge in [-0.05, 0) is 60.2 Å². The molecule has 13 heteroatoms. The van der Waals surface area contributed by atoms with Crippen LogP contribution in [0.15, 0.2) is 23.6 Å². The number of amides is 4. The highest BCUT2D eigenvalue weighted by molar-refractivity contribution is 7.18. The largest absolute Gasteiger partial charge is 0.481 e. The van der Waals surface area contributed by atoms with Gasteiger partial charge in [0, 0.05) is 57.7 Å². The Kier molecular flexibility index (Phi) is 10.9. The minimum atomic E-state index is -1.13. The fraction of sp³-hybridized carbons (Fsp3) is 0.483. The number of carbonyl (C=O) groups excluding carboxylic acids is 4. The van der Waals surface area contributed by atoms with E-state index in [-0.39, 0.29) is 36.2 Å². The summed E-state index contributed by atoms with van der Waals surface area (Å²) in [5, 5.41) is 18.7. The summed E-state index contributed by atoms with van der Waals surface area (Å²) < 4.78 is 0.897. The first-order valence-corrected chi connectivity index (χ1v) is 15.5. The Hall–Kier alpha value is -3.15. The highest BCUT2D eigenvalue weighted by atomic mass is 35.5. The molecular weight excluding hydrogens is 603 g/mol. The molecule has 2 saturated heterocycles. The van der Waals surface area contributed by atoms with E-state index in [1.807, 2.05) is 17.5 Å². The molecule has 3 N–H and O–H groups in total. The number of likely N-dealkylation sites (tertiary alicyclic amines) is 2. The molecule has 1 unspecified atom stereocenters. The number of fused-ring (bicyclic) bond motifs is 1. The highest BCUT2D eigenvalue weighted by Gasteiger charge is 2.30. The topological polar surface area (TPSA) is 136 Å². The van der Waals surface area contributed by atoms with Gasteiger partial charge in [0.25, 0.3) is 0 Å². The van der Waals surface area contributed by atoms with Crippen molar-refractivity contribution in [2.75, 3.05) is 32.7 Å². The molecule has 1 aromatic carbocycles. The lowest BCUT2D eigenvalue weighted by Gasteiger charge is -2.33. The number of hydrogen-bond acceptors (Lipinski definition) is 6. The number of carboxylic acid groups (broad SMARTS) is 1. The van der Waals surface area contributed by atoms with Gasteiger partial charge in [-0.25, -0.2) is 0 Å². The lowest BCUT2D eigenvalue weighted by atomic mass is 9.95. The van der Waals surface area contributed by atoms with Crippen molar-refractivity contribution in [2.24, 2.45) is 11.8 Å². The maximum atomic E-state index is 13.0. The van der Waals surface area contributed by atoms with E-state index in [9.17, 15) is 29.1 Å². The number of thiophene rings is 1. The second kappa shape index (κ2) is 14.3. The molecule has 42 heavy (non-hydrogen) atoms.